The van der Waals surface area contributed by atoms with Crippen molar-refractivity contribution in [1.29, 1.82) is 0 Å². The van der Waals surface area contributed by atoms with Crippen LogP contribution in [0.1, 0.15) is 0 Å². The van der Waals surface area contributed by atoms with Gasteiger partial charge in [0, 0.05) is 19.1 Å². The van der Waals surface area contributed by atoms with E-state index in [1.165, 1.54) is 29.6 Å². The summed E-state index contributed by atoms with van der Waals surface area (Å²) >= 11 is 5.80. The number of amides is 1. The van der Waals surface area contributed by atoms with Crippen LogP contribution in [0.5, 0.6) is 5.75 Å². The number of carbonyl (C=O) groups is 1. The lowest BCUT2D eigenvalue weighted by Gasteiger charge is -2.09. The van der Waals surface area contributed by atoms with Gasteiger partial charge >= 0.3 is 5.69 Å². The molecule has 0 atom stereocenters. The van der Waals surface area contributed by atoms with Gasteiger partial charge in [0.1, 0.15) is 18.9 Å². The average Bonchev–Trinajstić information content (AvgIpc) is 3.07. The van der Waals surface area contributed by atoms with Crippen LogP contribution in [0.4, 0.5) is 0 Å². The molecule has 2 aromatic heterocycles. The Balaban J connectivity index is 1.62. The third kappa shape index (κ3) is 3.87. The molecule has 1 aromatic carbocycles. The van der Waals surface area contributed by atoms with Crippen LogP contribution in [0.2, 0.25) is 5.02 Å². The summed E-state index contributed by atoms with van der Waals surface area (Å²) in [5.74, 6) is 0.351. The van der Waals surface area contributed by atoms with E-state index < -0.39 is 11.2 Å². The first-order chi connectivity index (χ1) is 12.9. The molecule has 27 heavy (non-hydrogen) atoms. The fraction of sp³-hybridized carbons (Fsp3) is 0.294. The van der Waals surface area contributed by atoms with Crippen molar-refractivity contribution in [2.75, 3.05) is 13.2 Å². The molecule has 3 rings (SSSR count). The van der Waals surface area contributed by atoms with Crippen molar-refractivity contribution >= 4 is 28.7 Å². The summed E-state index contributed by atoms with van der Waals surface area (Å²) in [5, 5.41) is 3.33. The number of carbonyl (C=O) groups excluding carboxylic acids is 1. The third-order valence-corrected chi connectivity index (χ3v) is 4.29. The average molecular weight is 392 g/mol. The highest BCUT2D eigenvalue weighted by molar-refractivity contribution is 6.30. The van der Waals surface area contributed by atoms with Crippen LogP contribution in [0, 0.1) is 0 Å². The standard InChI is InChI=1S/C17H18ClN5O4/c1-21-15-14(16(25)22(2)17(21)26)23(10-20-15)9-13(24)19-7-8-27-12-5-3-11(18)4-6-12/h3-6,10H,7-9H2,1-2H3,(H,19,24). The quantitative estimate of drug-likeness (QED) is 0.608. The zero-order valence-electron chi connectivity index (χ0n) is 14.8. The Hall–Kier alpha value is -3.07. The lowest BCUT2D eigenvalue weighted by atomic mass is 10.3. The van der Waals surface area contributed by atoms with E-state index in [1.807, 2.05) is 0 Å². The van der Waals surface area contributed by atoms with Gasteiger partial charge in [-0.2, -0.15) is 0 Å². The zero-order valence-corrected chi connectivity index (χ0v) is 15.6. The fourth-order valence-corrected chi connectivity index (χ4v) is 2.74. The Kier molecular flexibility index (Phi) is 5.31. The van der Waals surface area contributed by atoms with Gasteiger partial charge in [-0.1, -0.05) is 11.6 Å². The zero-order chi connectivity index (χ0) is 19.6. The summed E-state index contributed by atoms with van der Waals surface area (Å²) < 4.78 is 9.17. The minimum absolute atomic E-state index is 0.0924. The lowest BCUT2D eigenvalue weighted by molar-refractivity contribution is -0.121. The maximum atomic E-state index is 12.3. The Labute approximate surface area is 158 Å². The summed E-state index contributed by atoms with van der Waals surface area (Å²) in [6, 6.07) is 6.91. The van der Waals surface area contributed by atoms with Gasteiger partial charge in [0.25, 0.3) is 5.56 Å². The van der Waals surface area contributed by atoms with Crippen molar-refractivity contribution < 1.29 is 9.53 Å². The molecule has 2 heterocycles. The summed E-state index contributed by atoms with van der Waals surface area (Å²) in [5.41, 5.74) is -0.528. The van der Waals surface area contributed by atoms with E-state index in [-0.39, 0.29) is 30.2 Å². The summed E-state index contributed by atoms with van der Waals surface area (Å²) in [6.07, 6.45) is 1.37. The summed E-state index contributed by atoms with van der Waals surface area (Å²) in [6.45, 7) is 0.490. The van der Waals surface area contributed by atoms with Gasteiger partial charge < -0.3 is 14.6 Å². The number of nitrogens with one attached hydrogen (secondary N) is 1. The van der Waals surface area contributed by atoms with Crippen molar-refractivity contribution in [2.45, 2.75) is 6.54 Å². The highest BCUT2D eigenvalue weighted by Gasteiger charge is 2.15. The Bertz CT molecular complexity index is 1100. The maximum Gasteiger partial charge on any atom is 0.332 e. The first-order valence-electron chi connectivity index (χ1n) is 8.14. The van der Waals surface area contributed by atoms with Gasteiger partial charge in [0.15, 0.2) is 11.2 Å². The van der Waals surface area contributed by atoms with Crippen LogP contribution in [0.3, 0.4) is 0 Å². The molecule has 3 aromatic rings. The molecule has 1 amide bonds. The van der Waals surface area contributed by atoms with E-state index in [0.717, 1.165) is 4.57 Å². The molecule has 1 N–H and O–H groups in total. The number of nitrogens with zero attached hydrogens (tertiary/aromatic N) is 4. The van der Waals surface area contributed by atoms with Crippen LogP contribution in [0.25, 0.3) is 11.2 Å². The number of hydrogen-bond acceptors (Lipinski definition) is 5. The molecule has 9 nitrogen and oxygen atoms in total. The number of aromatic nitrogens is 4. The molecule has 142 valence electrons. The molecule has 10 heteroatoms. The number of rotatable bonds is 6. The van der Waals surface area contributed by atoms with E-state index in [1.54, 1.807) is 24.3 Å². The molecule has 0 aliphatic heterocycles. The number of benzene rings is 1. The van der Waals surface area contributed by atoms with Gasteiger partial charge in [-0.25, -0.2) is 9.78 Å². The maximum absolute atomic E-state index is 12.3. The third-order valence-electron chi connectivity index (χ3n) is 4.04. The fourth-order valence-electron chi connectivity index (χ4n) is 2.62. The van der Waals surface area contributed by atoms with Crippen LogP contribution in [-0.4, -0.2) is 37.7 Å². The minimum Gasteiger partial charge on any atom is -0.492 e. The molecule has 0 unspecified atom stereocenters. The number of halogens is 1. The molecule has 0 spiro atoms. The second kappa shape index (κ2) is 7.67. The van der Waals surface area contributed by atoms with Gasteiger partial charge in [0.2, 0.25) is 5.91 Å². The lowest BCUT2D eigenvalue weighted by Crippen LogP contribution is -2.38. The van der Waals surface area contributed by atoms with Gasteiger partial charge in [-0.05, 0) is 24.3 Å². The number of imidazole rings is 1. The first-order valence-corrected chi connectivity index (χ1v) is 8.52. The van der Waals surface area contributed by atoms with E-state index in [9.17, 15) is 14.4 Å². The van der Waals surface area contributed by atoms with Crippen molar-refractivity contribution in [1.82, 2.24) is 24.0 Å². The largest absolute Gasteiger partial charge is 0.492 e. The number of fused-ring (bicyclic) bond motifs is 1. The van der Waals surface area contributed by atoms with E-state index in [0.29, 0.717) is 17.3 Å². The molecule has 0 saturated carbocycles. The summed E-state index contributed by atoms with van der Waals surface area (Å²) in [7, 11) is 2.91. The predicted octanol–water partition coefficient (Wildman–Crippen LogP) is 0.282. The van der Waals surface area contributed by atoms with Gasteiger partial charge in [-0.3, -0.25) is 18.7 Å². The molecule has 0 bridgehead atoms. The highest BCUT2D eigenvalue weighted by Crippen LogP contribution is 2.15. The summed E-state index contributed by atoms with van der Waals surface area (Å²) in [4.78, 5) is 40.5. The number of hydrogen-bond donors (Lipinski definition) is 1. The van der Waals surface area contributed by atoms with Crippen molar-refractivity contribution in [3.05, 3.63) is 56.5 Å². The molecule has 0 fully saturated rings. The molecule has 0 aliphatic carbocycles. The Morgan fingerprint density at radius 3 is 2.59 bits per heavy atom. The van der Waals surface area contributed by atoms with Crippen LogP contribution in [0.15, 0.2) is 40.2 Å². The molecule has 0 radical (unpaired) electrons. The normalized spacial score (nSPS) is 10.9. The Morgan fingerprint density at radius 1 is 1.19 bits per heavy atom. The van der Waals surface area contributed by atoms with Crippen LogP contribution in [-0.2, 0) is 25.4 Å². The monoisotopic (exact) mass is 391 g/mol. The Morgan fingerprint density at radius 2 is 1.89 bits per heavy atom. The van der Waals surface area contributed by atoms with Gasteiger partial charge in [-0.15, -0.1) is 0 Å². The van der Waals surface area contributed by atoms with Crippen molar-refractivity contribution in [2.24, 2.45) is 14.1 Å². The molecule has 0 aliphatic rings. The second-order valence-corrected chi connectivity index (χ2v) is 6.34. The van der Waals surface area contributed by atoms with Crippen molar-refractivity contribution in [3.63, 3.8) is 0 Å². The molecule has 0 saturated heterocycles. The first kappa shape index (κ1) is 18.7. The van der Waals surface area contributed by atoms with E-state index in [4.69, 9.17) is 16.3 Å². The van der Waals surface area contributed by atoms with Crippen LogP contribution >= 0.6 is 11.6 Å². The van der Waals surface area contributed by atoms with Crippen LogP contribution < -0.4 is 21.3 Å². The topological polar surface area (TPSA) is 100 Å². The van der Waals surface area contributed by atoms with Crippen molar-refractivity contribution in [3.8, 4) is 5.75 Å². The predicted molar refractivity (Wildman–Crippen MR) is 100 cm³/mol. The number of aryl methyl sites for hydroxylation is 1. The SMILES string of the molecule is Cn1c(=O)c2c(ncn2CC(=O)NCCOc2ccc(Cl)cc2)n(C)c1=O. The van der Waals surface area contributed by atoms with E-state index >= 15 is 0 Å². The second-order valence-electron chi connectivity index (χ2n) is 5.90. The minimum atomic E-state index is -0.496. The number of ether oxygens (including phenoxy) is 1. The smallest absolute Gasteiger partial charge is 0.332 e. The molecular formula is C17H18ClN5O4. The van der Waals surface area contributed by atoms with E-state index in [2.05, 4.69) is 10.3 Å². The molecular weight excluding hydrogens is 374 g/mol. The van der Waals surface area contributed by atoms with Gasteiger partial charge in [0.05, 0.1) is 12.9 Å². The highest BCUT2D eigenvalue weighted by atomic mass is 35.5.